The first kappa shape index (κ1) is 16.6. The first-order valence-corrected chi connectivity index (χ1v) is 8.36. The molecule has 0 unspecified atom stereocenters. The summed E-state index contributed by atoms with van der Waals surface area (Å²) in [7, 11) is 0. The van der Waals surface area contributed by atoms with Crippen LogP contribution in [0.4, 0.5) is 5.69 Å². The predicted molar refractivity (Wildman–Crippen MR) is 104 cm³/mol. The number of fused-ring (bicyclic) bond motifs is 1. The van der Waals surface area contributed by atoms with Crippen molar-refractivity contribution < 1.29 is 14.3 Å². The lowest BCUT2D eigenvalue weighted by Crippen LogP contribution is -2.16. The molecule has 5 heteroatoms. The second kappa shape index (κ2) is 6.80. The lowest BCUT2D eigenvalue weighted by molar-refractivity contribution is 0.102. The Balaban J connectivity index is 1.80. The van der Waals surface area contributed by atoms with E-state index >= 15 is 0 Å². The fourth-order valence-corrected chi connectivity index (χ4v) is 3.02. The number of benzene rings is 3. The molecule has 0 spiro atoms. The van der Waals surface area contributed by atoms with Crippen LogP contribution in [0.5, 0.6) is 5.75 Å². The minimum Gasteiger partial charge on any atom is -0.501 e. The molecule has 0 fully saturated rings. The number of nitrogens with one attached hydrogen (secondary N) is 1. The van der Waals surface area contributed by atoms with Crippen molar-refractivity contribution >= 4 is 22.6 Å². The summed E-state index contributed by atoms with van der Waals surface area (Å²) in [6, 6.07) is 23.5. The van der Waals surface area contributed by atoms with E-state index in [0.29, 0.717) is 11.1 Å². The number of carbonyl (C=O) groups excluding carboxylic acids is 1. The molecule has 0 radical (unpaired) electrons. The molecule has 0 aliphatic carbocycles. The SMILES string of the molecule is O=C(Nc1ccccc1-c1ccccc1)c1c(O)c(=O)oc2ccccc12. The molecule has 1 amide bonds. The highest BCUT2D eigenvalue weighted by atomic mass is 16.4. The van der Waals surface area contributed by atoms with Gasteiger partial charge in [0.25, 0.3) is 5.91 Å². The zero-order chi connectivity index (χ0) is 18.8. The third kappa shape index (κ3) is 3.06. The summed E-state index contributed by atoms with van der Waals surface area (Å²) in [5, 5.41) is 13.3. The second-order valence-electron chi connectivity index (χ2n) is 5.98. The molecule has 1 aromatic heterocycles. The molecule has 5 nitrogen and oxygen atoms in total. The van der Waals surface area contributed by atoms with Gasteiger partial charge in [0, 0.05) is 16.6 Å². The molecule has 4 rings (SSSR count). The Morgan fingerprint density at radius 2 is 1.52 bits per heavy atom. The van der Waals surface area contributed by atoms with E-state index in [0.717, 1.165) is 11.1 Å². The van der Waals surface area contributed by atoms with Gasteiger partial charge in [-0.2, -0.15) is 0 Å². The number of rotatable bonds is 3. The average molecular weight is 357 g/mol. The zero-order valence-electron chi connectivity index (χ0n) is 14.2. The average Bonchev–Trinajstić information content (AvgIpc) is 2.70. The van der Waals surface area contributed by atoms with Gasteiger partial charge in [-0.3, -0.25) is 4.79 Å². The molecule has 2 N–H and O–H groups in total. The number of aromatic hydroxyl groups is 1. The van der Waals surface area contributed by atoms with Gasteiger partial charge in [-0.25, -0.2) is 4.79 Å². The number of anilines is 1. The molecule has 4 aromatic rings. The molecule has 0 aliphatic heterocycles. The molecule has 3 aromatic carbocycles. The number of para-hydroxylation sites is 2. The zero-order valence-corrected chi connectivity index (χ0v) is 14.2. The first-order chi connectivity index (χ1) is 13.1. The van der Waals surface area contributed by atoms with Gasteiger partial charge >= 0.3 is 5.63 Å². The Hall–Kier alpha value is -3.86. The molecular formula is C22H15NO4. The van der Waals surface area contributed by atoms with Crippen LogP contribution in [0, 0.1) is 0 Å². The van der Waals surface area contributed by atoms with E-state index < -0.39 is 17.3 Å². The van der Waals surface area contributed by atoms with Crippen molar-refractivity contribution in [2.24, 2.45) is 0 Å². The van der Waals surface area contributed by atoms with E-state index in [2.05, 4.69) is 5.32 Å². The third-order valence-corrected chi connectivity index (χ3v) is 4.28. The van der Waals surface area contributed by atoms with Gasteiger partial charge in [0.1, 0.15) is 11.1 Å². The van der Waals surface area contributed by atoms with E-state index in [1.54, 1.807) is 36.4 Å². The van der Waals surface area contributed by atoms with Gasteiger partial charge in [0.15, 0.2) is 0 Å². The Bertz CT molecular complexity index is 1200. The van der Waals surface area contributed by atoms with Crippen LogP contribution in [0.2, 0.25) is 0 Å². The molecule has 0 saturated carbocycles. The van der Waals surface area contributed by atoms with Gasteiger partial charge in [0.05, 0.1) is 0 Å². The molecule has 27 heavy (non-hydrogen) atoms. The van der Waals surface area contributed by atoms with Crippen LogP contribution in [0.15, 0.2) is 88.1 Å². The summed E-state index contributed by atoms with van der Waals surface area (Å²) in [6.45, 7) is 0. The van der Waals surface area contributed by atoms with Crippen molar-refractivity contribution in [1.82, 2.24) is 0 Å². The van der Waals surface area contributed by atoms with E-state index in [1.807, 2.05) is 42.5 Å². The maximum Gasteiger partial charge on any atom is 0.379 e. The molecule has 0 bridgehead atoms. The van der Waals surface area contributed by atoms with Gasteiger partial charge < -0.3 is 14.8 Å². The lowest BCUT2D eigenvalue weighted by atomic mass is 10.0. The summed E-state index contributed by atoms with van der Waals surface area (Å²) < 4.78 is 5.04. The molecule has 132 valence electrons. The van der Waals surface area contributed by atoms with Gasteiger partial charge in [0.2, 0.25) is 5.75 Å². The van der Waals surface area contributed by atoms with E-state index in [4.69, 9.17) is 4.42 Å². The Morgan fingerprint density at radius 3 is 2.33 bits per heavy atom. The number of carbonyl (C=O) groups is 1. The van der Waals surface area contributed by atoms with Gasteiger partial charge in [-0.15, -0.1) is 0 Å². The lowest BCUT2D eigenvalue weighted by Gasteiger charge is -2.13. The van der Waals surface area contributed by atoms with E-state index in [9.17, 15) is 14.7 Å². The normalized spacial score (nSPS) is 10.7. The number of amides is 1. The van der Waals surface area contributed by atoms with E-state index in [-0.39, 0.29) is 11.1 Å². The van der Waals surface area contributed by atoms with Gasteiger partial charge in [-0.05, 0) is 17.7 Å². The van der Waals surface area contributed by atoms with Crippen LogP contribution in [0.3, 0.4) is 0 Å². The van der Waals surface area contributed by atoms with Crippen LogP contribution in [-0.4, -0.2) is 11.0 Å². The van der Waals surface area contributed by atoms with Crippen LogP contribution in [0.25, 0.3) is 22.1 Å². The maximum atomic E-state index is 12.9. The van der Waals surface area contributed by atoms with E-state index in [1.165, 1.54) is 0 Å². The number of hydrogen-bond donors (Lipinski definition) is 2. The van der Waals surface area contributed by atoms with Gasteiger partial charge in [-0.1, -0.05) is 66.7 Å². The molecule has 0 atom stereocenters. The summed E-state index contributed by atoms with van der Waals surface area (Å²) in [4.78, 5) is 24.8. The topological polar surface area (TPSA) is 79.5 Å². The van der Waals surface area contributed by atoms with Crippen LogP contribution in [-0.2, 0) is 0 Å². The largest absolute Gasteiger partial charge is 0.501 e. The monoisotopic (exact) mass is 357 g/mol. The van der Waals surface area contributed by atoms with Crippen LogP contribution in [0.1, 0.15) is 10.4 Å². The van der Waals surface area contributed by atoms with Crippen molar-refractivity contribution in [3.05, 3.63) is 94.8 Å². The van der Waals surface area contributed by atoms with Crippen LogP contribution < -0.4 is 10.9 Å². The van der Waals surface area contributed by atoms with Crippen molar-refractivity contribution in [3.8, 4) is 16.9 Å². The van der Waals surface area contributed by atoms with Crippen molar-refractivity contribution in [3.63, 3.8) is 0 Å². The predicted octanol–water partition coefficient (Wildman–Crippen LogP) is 4.42. The fourth-order valence-electron chi connectivity index (χ4n) is 3.02. The Labute approximate surface area is 154 Å². The molecule has 0 aliphatic rings. The quantitative estimate of drug-likeness (QED) is 0.532. The van der Waals surface area contributed by atoms with Crippen molar-refractivity contribution in [2.75, 3.05) is 5.32 Å². The summed E-state index contributed by atoms with van der Waals surface area (Å²) >= 11 is 0. The molecule has 1 heterocycles. The third-order valence-electron chi connectivity index (χ3n) is 4.28. The summed E-state index contributed by atoms with van der Waals surface area (Å²) in [6.07, 6.45) is 0. The Kier molecular flexibility index (Phi) is 4.18. The fraction of sp³-hybridized carbons (Fsp3) is 0. The smallest absolute Gasteiger partial charge is 0.379 e. The highest BCUT2D eigenvalue weighted by molar-refractivity contribution is 6.14. The van der Waals surface area contributed by atoms with Crippen LogP contribution >= 0.6 is 0 Å². The first-order valence-electron chi connectivity index (χ1n) is 8.36. The molecular weight excluding hydrogens is 342 g/mol. The molecule has 0 saturated heterocycles. The summed E-state index contributed by atoms with van der Waals surface area (Å²) in [5.41, 5.74) is 1.53. The van der Waals surface area contributed by atoms with Crippen molar-refractivity contribution in [1.29, 1.82) is 0 Å². The highest BCUT2D eigenvalue weighted by Gasteiger charge is 2.21. The number of hydrogen-bond acceptors (Lipinski definition) is 4. The minimum absolute atomic E-state index is 0.107. The second-order valence-corrected chi connectivity index (χ2v) is 5.98. The standard InChI is InChI=1S/C22H15NO4/c24-20-19(16-11-5-7-13-18(16)27-22(20)26)21(25)23-17-12-6-4-10-15(17)14-8-2-1-3-9-14/h1-13,24H,(H,23,25). The minimum atomic E-state index is -0.949. The maximum absolute atomic E-state index is 12.9. The summed E-state index contributed by atoms with van der Waals surface area (Å²) in [5.74, 6) is -1.29. The van der Waals surface area contributed by atoms with Crippen molar-refractivity contribution in [2.45, 2.75) is 0 Å². The highest BCUT2D eigenvalue weighted by Crippen LogP contribution is 2.30. The Morgan fingerprint density at radius 1 is 0.852 bits per heavy atom.